The molecular weight excluding hydrogens is 418 g/mol. The molecular formula is C21H33N5O4S. The summed E-state index contributed by atoms with van der Waals surface area (Å²) in [6.07, 6.45) is 4.28. The highest BCUT2D eigenvalue weighted by Crippen LogP contribution is 2.38. The molecule has 4 rings (SSSR count). The second-order valence-electron chi connectivity index (χ2n) is 9.59. The van der Waals surface area contributed by atoms with Gasteiger partial charge in [0.1, 0.15) is 5.54 Å². The van der Waals surface area contributed by atoms with Gasteiger partial charge in [0.05, 0.1) is 29.9 Å². The van der Waals surface area contributed by atoms with Crippen LogP contribution >= 0.6 is 0 Å². The lowest BCUT2D eigenvalue weighted by atomic mass is 9.73. The number of aromatic nitrogens is 2. The number of amides is 3. The molecule has 9 nitrogen and oxygen atoms in total. The highest BCUT2D eigenvalue weighted by molar-refractivity contribution is 7.91. The summed E-state index contributed by atoms with van der Waals surface area (Å²) in [7, 11) is -1.11. The van der Waals surface area contributed by atoms with Crippen molar-refractivity contribution in [1.82, 2.24) is 24.9 Å². The maximum atomic E-state index is 13.2. The maximum absolute atomic E-state index is 13.2. The normalized spacial score (nSPS) is 30.5. The van der Waals surface area contributed by atoms with Gasteiger partial charge in [0.2, 0.25) is 0 Å². The van der Waals surface area contributed by atoms with E-state index in [1.807, 2.05) is 30.5 Å². The third kappa shape index (κ3) is 3.88. The summed E-state index contributed by atoms with van der Waals surface area (Å²) in [5, 5.41) is 7.61. The van der Waals surface area contributed by atoms with Gasteiger partial charge < -0.3 is 5.32 Å². The van der Waals surface area contributed by atoms with Crippen molar-refractivity contribution in [2.24, 2.45) is 5.92 Å². The Hall–Kier alpha value is -1.94. The van der Waals surface area contributed by atoms with Gasteiger partial charge in [0.15, 0.2) is 9.84 Å². The highest BCUT2D eigenvalue weighted by Gasteiger charge is 2.54. The molecule has 0 aromatic carbocycles. The van der Waals surface area contributed by atoms with Crippen molar-refractivity contribution >= 4 is 21.8 Å². The first-order chi connectivity index (χ1) is 14.5. The van der Waals surface area contributed by atoms with E-state index in [9.17, 15) is 18.0 Å². The first kappa shape index (κ1) is 22.3. The quantitative estimate of drug-likeness (QED) is 0.684. The fourth-order valence-electron chi connectivity index (χ4n) is 5.43. The van der Waals surface area contributed by atoms with Gasteiger partial charge >= 0.3 is 6.03 Å². The minimum Gasteiger partial charge on any atom is -0.323 e. The largest absolute Gasteiger partial charge is 0.326 e. The summed E-state index contributed by atoms with van der Waals surface area (Å²) in [5.41, 5.74) is 2.06. The standard InChI is InChI=1S/C21H33N5O4S/c1-14-7-5-6-9-21(14)19(27)25(20(28)22-21)13-24(4)11-18-15(2)23-26(16(18)3)17-8-10-31(29,30)12-17/h14,17H,5-13H2,1-4H3,(H,22,28)/t14-,17+,21+/m0/s1. The van der Waals surface area contributed by atoms with Crippen LogP contribution < -0.4 is 5.32 Å². The van der Waals surface area contributed by atoms with Crippen LogP contribution in [0.3, 0.4) is 0 Å². The summed E-state index contributed by atoms with van der Waals surface area (Å²) in [4.78, 5) is 29.1. The number of imide groups is 1. The molecule has 1 aliphatic carbocycles. The fourth-order valence-corrected chi connectivity index (χ4v) is 7.13. The van der Waals surface area contributed by atoms with Crippen LogP contribution in [-0.2, 0) is 21.2 Å². The molecule has 0 bridgehead atoms. The highest BCUT2D eigenvalue weighted by atomic mass is 32.2. The van der Waals surface area contributed by atoms with E-state index in [4.69, 9.17) is 0 Å². The molecule has 1 aromatic rings. The van der Waals surface area contributed by atoms with Crippen molar-refractivity contribution in [3.05, 3.63) is 17.0 Å². The second kappa shape index (κ2) is 7.88. The summed E-state index contributed by atoms with van der Waals surface area (Å²) < 4.78 is 25.6. The van der Waals surface area contributed by atoms with Crippen molar-refractivity contribution in [2.75, 3.05) is 25.2 Å². The molecule has 172 valence electrons. The summed E-state index contributed by atoms with van der Waals surface area (Å²) in [6, 6.07) is -0.438. The molecule has 2 saturated heterocycles. The lowest BCUT2D eigenvalue weighted by Gasteiger charge is -2.37. The molecule has 3 aliphatic rings. The maximum Gasteiger partial charge on any atom is 0.326 e. The van der Waals surface area contributed by atoms with Crippen LogP contribution in [0, 0.1) is 19.8 Å². The number of aryl methyl sites for hydroxylation is 1. The van der Waals surface area contributed by atoms with E-state index in [1.165, 1.54) is 4.90 Å². The number of urea groups is 1. The Labute approximate surface area is 184 Å². The molecule has 1 saturated carbocycles. The Kier molecular flexibility index (Phi) is 5.66. The molecule has 1 spiro atoms. The van der Waals surface area contributed by atoms with Gasteiger partial charge in [-0.3, -0.25) is 14.4 Å². The number of sulfone groups is 1. The van der Waals surface area contributed by atoms with Crippen LogP contribution in [0.5, 0.6) is 0 Å². The summed E-state index contributed by atoms with van der Waals surface area (Å²) in [5.74, 6) is 0.361. The van der Waals surface area contributed by atoms with Gasteiger partial charge in [-0.2, -0.15) is 5.10 Å². The zero-order chi connectivity index (χ0) is 22.6. The van der Waals surface area contributed by atoms with Gasteiger partial charge in [-0.15, -0.1) is 0 Å². The number of rotatable bonds is 5. The fraction of sp³-hybridized carbons (Fsp3) is 0.762. The predicted octanol–water partition coefficient (Wildman–Crippen LogP) is 1.75. The van der Waals surface area contributed by atoms with Crippen LogP contribution in [0.4, 0.5) is 4.79 Å². The van der Waals surface area contributed by atoms with Crippen molar-refractivity contribution in [3.63, 3.8) is 0 Å². The monoisotopic (exact) mass is 451 g/mol. The van der Waals surface area contributed by atoms with Crippen molar-refractivity contribution in [1.29, 1.82) is 0 Å². The molecule has 0 radical (unpaired) electrons. The third-order valence-electron chi connectivity index (χ3n) is 7.34. The van der Waals surface area contributed by atoms with Gasteiger partial charge in [-0.25, -0.2) is 18.1 Å². The molecule has 10 heteroatoms. The van der Waals surface area contributed by atoms with Crippen molar-refractivity contribution in [3.8, 4) is 0 Å². The number of nitrogens with one attached hydrogen (secondary N) is 1. The average molecular weight is 452 g/mol. The second-order valence-corrected chi connectivity index (χ2v) is 11.8. The number of carbonyl (C=O) groups excluding carboxylic acids is 2. The Bertz CT molecular complexity index is 1000. The SMILES string of the molecule is Cc1nn([C@@H]2CCS(=O)(=O)C2)c(C)c1CN(C)CN1C(=O)N[C@@]2(CCCC[C@@H]2C)C1=O. The van der Waals surface area contributed by atoms with Crippen molar-refractivity contribution < 1.29 is 18.0 Å². The predicted molar refractivity (Wildman–Crippen MR) is 116 cm³/mol. The van der Waals surface area contributed by atoms with E-state index < -0.39 is 15.4 Å². The molecule has 31 heavy (non-hydrogen) atoms. The summed E-state index contributed by atoms with van der Waals surface area (Å²) >= 11 is 0. The van der Waals surface area contributed by atoms with E-state index in [-0.39, 0.29) is 42.1 Å². The van der Waals surface area contributed by atoms with Crippen LogP contribution in [0.15, 0.2) is 0 Å². The van der Waals surface area contributed by atoms with Crippen LogP contribution in [0.1, 0.15) is 62.0 Å². The van der Waals surface area contributed by atoms with Crippen LogP contribution in [0.2, 0.25) is 0 Å². The molecule has 3 fully saturated rings. The molecule has 1 N–H and O–H groups in total. The zero-order valence-corrected chi connectivity index (χ0v) is 19.7. The first-order valence-corrected chi connectivity index (χ1v) is 12.9. The smallest absolute Gasteiger partial charge is 0.323 e. The Morgan fingerprint density at radius 1 is 1.23 bits per heavy atom. The van der Waals surface area contributed by atoms with Gasteiger partial charge in [-0.1, -0.05) is 19.8 Å². The van der Waals surface area contributed by atoms with Gasteiger partial charge in [-0.05, 0) is 46.1 Å². The molecule has 2 aliphatic heterocycles. The van der Waals surface area contributed by atoms with Crippen LogP contribution in [-0.4, -0.2) is 70.7 Å². The minimum atomic E-state index is -2.99. The molecule has 3 atom stereocenters. The number of carbonyl (C=O) groups is 2. The Morgan fingerprint density at radius 3 is 2.61 bits per heavy atom. The van der Waals surface area contributed by atoms with E-state index >= 15 is 0 Å². The number of hydrogen-bond donors (Lipinski definition) is 1. The average Bonchev–Trinajstić information content (AvgIpc) is 3.27. The van der Waals surface area contributed by atoms with Gasteiger partial charge in [0.25, 0.3) is 5.91 Å². The molecule has 3 heterocycles. The zero-order valence-electron chi connectivity index (χ0n) is 18.8. The van der Waals surface area contributed by atoms with E-state index in [2.05, 4.69) is 17.3 Å². The lowest BCUT2D eigenvalue weighted by molar-refractivity contribution is -0.135. The Balaban J connectivity index is 1.46. The molecule has 3 amide bonds. The lowest BCUT2D eigenvalue weighted by Crippen LogP contribution is -2.54. The molecule has 0 unspecified atom stereocenters. The molecule has 1 aromatic heterocycles. The number of hydrogen-bond acceptors (Lipinski definition) is 6. The Morgan fingerprint density at radius 2 is 1.97 bits per heavy atom. The number of nitrogens with zero attached hydrogens (tertiary/aromatic N) is 4. The summed E-state index contributed by atoms with van der Waals surface area (Å²) in [6.45, 7) is 6.66. The third-order valence-corrected chi connectivity index (χ3v) is 9.09. The minimum absolute atomic E-state index is 0.114. The van der Waals surface area contributed by atoms with E-state index in [0.717, 1.165) is 36.2 Å². The van der Waals surface area contributed by atoms with E-state index in [0.29, 0.717) is 19.4 Å². The first-order valence-electron chi connectivity index (χ1n) is 11.1. The van der Waals surface area contributed by atoms with Crippen LogP contribution in [0.25, 0.3) is 0 Å². The van der Waals surface area contributed by atoms with E-state index in [1.54, 1.807) is 0 Å². The van der Waals surface area contributed by atoms with Gasteiger partial charge in [0, 0.05) is 17.8 Å². The topological polar surface area (TPSA) is 105 Å². The van der Waals surface area contributed by atoms with Crippen molar-refractivity contribution in [2.45, 2.75) is 71.0 Å².